The van der Waals surface area contributed by atoms with E-state index in [2.05, 4.69) is 24.3 Å². The zero-order chi connectivity index (χ0) is 91.0. The molecule has 0 N–H and O–H groups in total. The molecule has 4 aromatic heterocycles. The molecule has 6 aliphatic carbocycles. The van der Waals surface area contributed by atoms with Crippen molar-refractivity contribution in [3.8, 4) is 76.9 Å². The second-order valence-electron chi connectivity index (χ2n) is 35.8. The summed E-state index contributed by atoms with van der Waals surface area (Å²) in [7, 11) is 0. The Morgan fingerprint density at radius 3 is 1.04 bits per heavy atom. The second kappa shape index (κ2) is 31.6. The van der Waals surface area contributed by atoms with Crippen LogP contribution in [0.3, 0.4) is 0 Å². The third-order valence-electron chi connectivity index (χ3n) is 28.4. The van der Waals surface area contributed by atoms with Crippen LogP contribution in [-0.2, 0) is 64.3 Å². The smallest absolute Gasteiger partial charge is 0.424 e. The number of thiophene rings is 4. The number of allylic oxidation sites excluding steroid dienone is 2. The Kier molecular flexibility index (Phi) is 20.1. The lowest BCUT2D eigenvalue weighted by Crippen LogP contribution is -2.46. The summed E-state index contributed by atoms with van der Waals surface area (Å²) in [5.41, 5.74) is 2.10. The molecule has 20 nitrogen and oxygen atoms in total. The number of Topliss-reactive ketones (excluding diaryl/α,β-unsaturated/α-hetero) is 4. The molecule has 10 heterocycles. The lowest BCUT2D eigenvalue weighted by Gasteiger charge is -2.50. The SMILES string of the molecule is CC1=C(C#N)C(=O)N(C(=O)OCc2ccccc2)C(=O)/C1=C/c1cc2c(s1)-c1cc3c(cc1C1(CCCCC1)O2)-c1sc(/C=C2/C(=O)N(C(=O)OCc4ccccc4)C(=O)C(C#N)=C2C)cc1OC31CCCC(C2CCC3(CC2)Oc2cc(C=C4C(=O)c5cc(F)c(F)cc5C4=O)sc2-c2cc4c(cc23)-c2sc(C=C3C(=O)c5cc(F)c(F)cc5C3=O)cc2OC42CCCCC2)C1. The van der Waals surface area contributed by atoms with Gasteiger partial charge in [0.25, 0.3) is 23.6 Å². The number of hydrogen-bond donors (Lipinski definition) is 0. The fraction of sp³-hybridized carbons (Fsp3) is 0.269. The van der Waals surface area contributed by atoms with Gasteiger partial charge in [-0.15, -0.1) is 45.3 Å². The molecule has 2 atom stereocenters. The third-order valence-corrected chi connectivity index (χ3v) is 32.8. The predicted molar refractivity (Wildman–Crippen MR) is 481 cm³/mol. The van der Waals surface area contributed by atoms with Crippen LogP contribution >= 0.6 is 45.3 Å². The van der Waals surface area contributed by atoms with Gasteiger partial charge in [-0.3, -0.25) is 38.4 Å². The number of carbonyl (C=O) groups is 10. The summed E-state index contributed by atoms with van der Waals surface area (Å²) < 4.78 is 100. The molecule has 0 saturated heterocycles. The van der Waals surface area contributed by atoms with Gasteiger partial charge in [0, 0.05) is 97.4 Å². The highest BCUT2D eigenvalue weighted by molar-refractivity contribution is 7.18. The van der Waals surface area contributed by atoms with Crippen molar-refractivity contribution >= 4 is 129 Å². The molecule has 6 aliphatic heterocycles. The molecule has 28 heteroatoms. The summed E-state index contributed by atoms with van der Waals surface area (Å²) in [4.78, 5) is 147. The maximum absolute atomic E-state index is 14.9. The average molecular weight is 1840 g/mol. The zero-order valence-electron chi connectivity index (χ0n) is 70.8. The Morgan fingerprint density at radius 2 is 0.697 bits per heavy atom. The van der Waals surface area contributed by atoms with Gasteiger partial charge < -0.3 is 28.4 Å². The largest absolute Gasteiger partial charge is 0.481 e. The van der Waals surface area contributed by atoms with Crippen LogP contribution in [0.15, 0.2) is 178 Å². The maximum Gasteiger partial charge on any atom is 0.424 e. The van der Waals surface area contributed by atoms with E-state index in [1.807, 2.05) is 36.4 Å². The van der Waals surface area contributed by atoms with Crippen LogP contribution in [-0.4, -0.2) is 68.7 Å². The first kappa shape index (κ1) is 83.9. The van der Waals surface area contributed by atoms with Crippen LogP contribution in [0, 0.1) is 57.8 Å². The summed E-state index contributed by atoms with van der Waals surface area (Å²) in [5, 5.41) is 21.1. The molecule has 0 bridgehead atoms. The van der Waals surface area contributed by atoms with Gasteiger partial charge >= 0.3 is 12.2 Å². The zero-order valence-corrected chi connectivity index (χ0v) is 74.0. The molecule has 22 rings (SSSR count). The lowest BCUT2D eigenvalue weighted by atomic mass is 9.62. The molecule has 4 fully saturated rings. The maximum atomic E-state index is 14.9. The first-order valence-electron chi connectivity index (χ1n) is 43.9. The van der Waals surface area contributed by atoms with Crippen LogP contribution in [0.25, 0.3) is 66.1 Å². The number of fused-ring (bicyclic) bond motifs is 18. The van der Waals surface area contributed by atoms with Crippen molar-refractivity contribution in [2.24, 2.45) is 11.8 Å². The van der Waals surface area contributed by atoms with Crippen molar-refractivity contribution in [1.29, 1.82) is 10.5 Å². The fourth-order valence-corrected chi connectivity index (χ4v) is 26.1. The number of nitriles is 2. The highest BCUT2D eigenvalue weighted by Crippen LogP contribution is 2.66. The Morgan fingerprint density at radius 1 is 0.386 bits per heavy atom. The molecule has 4 saturated carbocycles. The Balaban J connectivity index is 0.648. The topological polar surface area (TPSA) is 280 Å². The lowest BCUT2D eigenvalue weighted by molar-refractivity contribution is -0.140. The van der Waals surface area contributed by atoms with E-state index in [1.165, 1.54) is 71.3 Å². The quantitative estimate of drug-likeness (QED) is 0.0562. The van der Waals surface area contributed by atoms with Crippen molar-refractivity contribution in [3.63, 3.8) is 0 Å². The van der Waals surface area contributed by atoms with Crippen molar-refractivity contribution in [2.75, 3.05) is 0 Å². The monoisotopic (exact) mass is 1840 g/mol. The Bertz CT molecular complexity index is 7160. The number of halogens is 4. The minimum Gasteiger partial charge on any atom is -0.481 e. The van der Waals surface area contributed by atoms with Crippen LogP contribution in [0.4, 0.5) is 27.2 Å². The van der Waals surface area contributed by atoms with E-state index in [9.17, 15) is 76.0 Å². The molecule has 10 aromatic rings. The summed E-state index contributed by atoms with van der Waals surface area (Å²) in [6, 6.07) is 40.5. The number of nitrogens with zero attached hydrogens (tertiary/aromatic N) is 4. The standard InChI is InChI=1S/C104H74F4N4O16S4/c1-51-61(95(117)111(97(119)73(51)47-109)99(121)123-49-53-16-7-3-8-17-53)30-57-34-83-93(129-57)69-41-78-70(40-76(69)102(125-83)25-13-6-14-26-102)94-86(35-58(130-94)31-62-52(2)74(48-110)98(120)112(96(62)118)100(122)124-50-54-18-9-4-10-19-54)128-104(78)27-15-20-56(46-104)55-21-28-103(29-22-55)77-39-67-75(38-68(77)92-85(127-103)37-60(132-92)33-72-89(115)65-44-81(107)82(108)45-66(65)90(72)116)101(23-11-5-12-24-101)126-84-36-59(131-91(67)84)32-71-87(113)63-42-79(105)80(106)43-64(63)88(71)114/h3-4,7-10,16-19,30-45,55-56H,5-6,11-15,20-29,46,49-50H2,1-2H3/b61-30+,62-31+. The van der Waals surface area contributed by atoms with Gasteiger partial charge in [-0.2, -0.15) is 20.3 Å². The van der Waals surface area contributed by atoms with Crippen LogP contribution in [0.1, 0.15) is 224 Å². The second-order valence-corrected chi connectivity index (χ2v) is 40.2. The summed E-state index contributed by atoms with van der Waals surface area (Å²) in [6.45, 7) is 2.47. The molecule has 658 valence electrons. The summed E-state index contributed by atoms with van der Waals surface area (Å²) in [6.07, 6.45) is 16.2. The molecule has 132 heavy (non-hydrogen) atoms. The number of hydrogen-bond acceptors (Lipinski definition) is 22. The third kappa shape index (κ3) is 13.4. The van der Waals surface area contributed by atoms with Gasteiger partial charge in [-0.05, 0) is 248 Å². The molecule has 6 aromatic carbocycles. The first-order chi connectivity index (χ1) is 63.7. The predicted octanol–water partition coefficient (Wildman–Crippen LogP) is 23.3. The number of ether oxygens (including phenoxy) is 6. The van der Waals surface area contributed by atoms with E-state index in [-0.39, 0.29) is 80.7 Å². The number of ketones is 4. The molecule has 4 spiro atoms. The van der Waals surface area contributed by atoms with Gasteiger partial charge in [-0.1, -0.05) is 73.5 Å². The van der Waals surface area contributed by atoms with Gasteiger partial charge in [-0.25, -0.2) is 27.2 Å². The molecule has 6 amide bonds. The van der Waals surface area contributed by atoms with Crippen LogP contribution in [0.2, 0.25) is 0 Å². The van der Waals surface area contributed by atoms with E-state index in [0.29, 0.717) is 139 Å². The minimum atomic E-state index is -1.26. The summed E-state index contributed by atoms with van der Waals surface area (Å²) in [5.74, 6) is -10.0. The van der Waals surface area contributed by atoms with E-state index in [1.54, 1.807) is 72.8 Å². The molecular formula is C104H74F4N4O16S4. The Labute approximate surface area is 768 Å². The minimum absolute atomic E-state index is 0.000275. The Hall–Kier alpha value is -13.6. The highest BCUT2D eigenvalue weighted by Gasteiger charge is 2.55. The van der Waals surface area contributed by atoms with Crippen molar-refractivity contribution in [3.05, 3.63) is 276 Å². The normalized spacial score (nSPS) is 22.2. The van der Waals surface area contributed by atoms with Gasteiger partial charge in [0.2, 0.25) is 0 Å². The van der Waals surface area contributed by atoms with Crippen LogP contribution in [0.5, 0.6) is 23.0 Å². The van der Waals surface area contributed by atoms with Crippen LogP contribution < -0.4 is 18.9 Å². The number of rotatable bonds is 9. The van der Waals surface area contributed by atoms with Gasteiger partial charge in [0.1, 0.15) is 81.9 Å². The number of benzene rings is 6. The first-order valence-corrected chi connectivity index (χ1v) is 47.2. The van der Waals surface area contributed by atoms with Crippen molar-refractivity contribution in [2.45, 2.75) is 165 Å². The summed E-state index contributed by atoms with van der Waals surface area (Å²) >= 11 is 5.30. The highest BCUT2D eigenvalue weighted by atomic mass is 32.1. The van der Waals surface area contributed by atoms with Crippen molar-refractivity contribution in [1.82, 2.24) is 9.80 Å². The number of amides is 6. The average Bonchev–Trinajstić information content (AvgIpc) is 1.36. The van der Waals surface area contributed by atoms with E-state index >= 15 is 0 Å². The van der Waals surface area contributed by atoms with Gasteiger partial charge in [0.15, 0.2) is 46.4 Å². The van der Waals surface area contributed by atoms with E-state index in [0.717, 1.165) is 128 Å². The van der Waals surface area contributed by atoms with Gasteiger partial charge in [0.05, 0.1) is 30.7 Å². The molecule has 2 unspecified atom stereocenters. The van der Waals surface area contributed by atoms with Crippen molar-refractivity contribution < 1.29 is 93.9 Å². The number of carbonyl (C=O) groups excluding carboxylic acids is 10. The fourth-order valence-electron chi connectivity index (χ4n) is 21.9. The van der Waals surface area contributed by atoms with E-state index in [4.69, 9.17) is 28.4 Å². The molecule has 0 radical (unpaired) electrons. The number of imide groups is 6. The van der Waals surface area contributed by atoms with E-state index < -0.39 is 116 Å². The molecular weight excluding hydrogens is 1770 g/mol. The molecule has 12 aliphatic rings.